The summed E-state index contributed by atoms with van der Waals surface area (Å²) >= 11 is 10.1. The zero-order valence-corrected chi connectivity index (χ0v) is 27.9. The van der Waals surface area contributed by atoms with Gasteiger partial charge in [-0.2, -0.15) is 0 Å². The first kappa shape index (κ1) is 31.3. The van der Waals surface area contributed by atoms with Crippen LogP contribution in [0.4, 0.5) is 0 Å². The molecule has 46 heavy (non-hydrogen) atoms. The highest BCUT2D eigenvalue weighted by Crippen LogP contribution is 2.42. The predicted molar refractivity (Wildman–Crippen MR) is 184 cm³/mol. The van der Waals surface area contributed by atoms with Crippen LogP contribution in [0.5, 0.6) is 11.5 Å². The summed E-state index contributed by atoms with van der Waals surface area (Å²) in [5.41, 5.74) is 4.54. The molecule has 0 amide bonds. The highest BCUT2D eigenvalue weighted by atomic mass is 79.9. The molecular weight excluding hydrogens is 668 g/mol. The molecule has 0 spiro atoms. The Hall–Kier alpha value is -4.73. The number of nitrogens with one attached hydrogen (secondary N) is 2. The molecule has 0 saturated heterocycles. The van der Waals surface area contributed by atoms with Gasteiger partial charge in [-0.25, -0.2) is 9.36 Å². The lowest BCUT2D eigenvalue weighted by atomic mass is 9.85. The molecule has 2 heterocycles. The summed E-state index contributed by atoms with van der Waals surface area (Å²) in [4.78, 5) is 28.5. The quantitative estimate of drug-likeness (QED) is 0.152. The molecule has 234 valence electrons. The third-order valence-electron chi connectivity index (χ3n) is 7.84. The number of nitrogens with zero attached hydrogens (tertiary/aromatic N) is 2. The van der Waals surface area contributed by atoms with E-state index in [2.05, 4.69) is 26.1 Å². The molecule has 0 radical (unpaired) electrons. The van der Waals surface area contributed by atoms with Crippen molar-refractivity contribution in [2.75, 3.05) is 6.61 Å². The van der Waals surface area contributed by atoms with Gasteiger partial charge in [0.05, 0.1) is 33.6 Å². The molecule has 2 N–H and O–H groups in total. The Morgan fingerprint density at radius 2 is 1.28 bits per heavy atom. The van der Waals surface area contributed by atoms with E-state index in [1.165, 1.54) is 9.36 Å². The van der Waals surface area contributed by atoms with Crippen LogP contribution in [0.3, 0.4) is 0 Å². The smallest absolute Gasteiger partial charge is 0.275 e. The molecule has 6 rings (SSSR count). The molecule has 8 nitrogen and oxygen atoms in total. The summed E-state index contributed by atoms with van der Waals surface area (Å²) < 4.78 is 16.0. The molecule has 6 aromatic rings. The number of ether oxygens (including phenoxy) is 2. The summed E-state index contributed by atoms with van der Waals surface area (Å²) in [6.07, 6.45) is 0. The third kappa shape index (κ3) is 5.96. The van der Waals surface area contributed by atoms with E-state index >= 15 is 0 Å². The minimum atomic E-state index is -0.754. The van der Waals surface area contributed by atoms with E-state index in [0.717, 1.165) is 5.56 Å². The van der Waals surface area contributed by atoms with E-state index in [9.17, 15) is 9.59 Å². The average molecular weight is 700 g/mol. The van der Waals surface area contributed by atoms with Crippen LogP contribution < -0.4 is 20.6 Å². The summed E-state index contributed by atoms with van der Waals surface area (Å²) in [7, 11) is 0. The van der Waals surface area contributed by atoms with E-state index in [4.69, 9.17) is 21.1 Å². The number of rotatable bonds is 10. The number of aryl methyl sites for hydroxylation is 2. The van der Waals surface area contributed by atoms with Gasteiger partial charge >= 0.3 is 0 Å². The first-order valence-electron chi connectivity index (χ1n) is 14.8. The lowest BCUT2D eigenvalue weighted by Gasteiger charge is -2.20. The SMILES string of the molecule is CCOc1cc(C(c2c(C)[nH]n(-c3ccccc3)c2=O)c2c(C)[nH]n(-c3ccccc3)c2=O)cc(Br)c1OCc1ccccc1Cl. The normalized spacial score (nSPS) is 11.3. The first-order valence-corrected chi connectivity index (χ1v) is 16.0. The highest BCUT2D eigenvalue weighted by Gasteiger charge is 2.32. The van der Waals surface area contributed by atoms with Crippen LogP contribution in [0, 0.1) is 13.8 Å². The maximum atomic E-state index is 14.3. The average Bonchev–Trinajstić information content (AvgIpc) is 3.52. The fourth-order valence-corrected chi connectivity index (χ4v) is 6.48. The summed E-state index contributed by atoms with van der Waals surface area (Å²) in [6, 6.07) is 29.9. The molecule has 0 fully saturated rings. The molecule has 0 aliphatic heterocycles. The Labute approximate surface area is 279 Å². The number of para-hydroxylation sites is 2. The minimum absolute atomic E-state index is 0.221. The van der Waals surface area contributed by atoms with Crippen LogP contribution >= 0.6 is 27.5 Å². The number of hydrogen-bond donors (Lipinski definition) is 2. The lowest BCUT2D eigenvalue weighted by Crippen LogP contribution is -2.25. The van der Waals surface area contributed by atoms with Crippen molar-refractivity contribution in [3.63, 3.8) is 0 Å². The van der Waals surface area contributed by atoms with Crippen molar-refractivity contribution < 1.29 is 9.47 Å². The van der Waals surface area contributed by atoms with Crippen LogP contribution in [0.2, 0.25) is 5.02 Å². The molecule has 10 heteroatoms. The Morgan fingerprint density at radius 3 is 1.80 bits per heavy atom. The van der Waals surface area contributed by atoms with Crippen LogP contribution in [0.15, 0.2) is 111 Å². The molecule has 0 aliphatic carbocycles. The van der Waals surface area contributed by atoms with E-state index in [0.29, 0.717) is 67.1 Å². The Kier molecular flexibility index (Phi) is 9.05. The molecule has 2 aromatic heterocycles. The van der Waals surface area contributed by atoms with Gasteiger partial charge in [0.1, 0.15) is 6.61 Å². The topological polar surface area (TPSA) is 94.0 Å². The second-order valence-corrected chi connectivity index (χ2v) is 12.1. The largest absolute Gasteiger partial charge is 0.490 e. The Balaban J connectivity index is 1.55. The molecule has 0 saturated carbocycles. The van der Waals surface area contributed by atoms with Crippen LogP contribution in [-0.4, -0.2) is 26.2 Å². The molecular formula is C36H32BrClN4O4. The minimum Gasteiger partial charge on any atom is -0.490 e. The number of aromatic nitrogens is 4. The Bertz CT molecular complexity index is 2020. The van der Waals surface area contributed by atoms with Gasteiger partial charge in [0.2, 0.25) is 0 Å². The molecule has 0 atom stereocenters. The maximum absolute atomic E-state index is 14.3. The van der Waals surface area contributed by atoms with Crippen LogP contribution in [0.1, 0.15) is 46.5 Å². The Morgan fingerprint density at radius 1 is 0.761 bits per heavy atom. The monoisotopic (exact) mass is 698 g/mol. The zero-order chi connectivity index (χ0) is 32.4. The van der Waals surface area contributed by atoms with Crippen molar-refractivity contribution in [3.8, 4) is 22.9 Å². The van der Waals surface area contributed by atoms with Gasteiger partial charge in [-0.3, -0.25) is 19.8 Å². The second-order valence-electron chi connectivity index (χ2n) is 10.8. The van der Waals surface area contributed by atoms with Gasteiger partial charge in [0, 0.05) is 27.9 Å². The zero-order valence-electron chi connectivity index (χ0n) is 25.5. The van der Waals surface area contributed by atoms with Crippen molar-refractivity contribution in [2.24, 2.45) is 0 Å². The molecule has 4 aromatic carbocycles. The van der Waals surface area contributed by atoms with Crippen molar-refractivity contribution in [2.45, 2.75) is 33.3 Å². The first-order chi connectivity index (χ1) is 22.3. The van der Waals surface area contributed by atoms with E-state index in [-0.39, 0.29) is 17.7 Å². The van der Waals surface area contributed by atoms with Crippen LogP contribution in [0.25, 0.3) is 11.4 Å². The third-order valence-corrected chi connectivity index (χ3v) is 8.79. The van der Waals surface area contributed by atoms with Gasteiger partial charge in [-0.1, -0.05) is 66.2 Å². The fourth-order valence-electron chi connectivity index (χ4n) is 5.72. The van der Waals surface area contributed by atoms with Crippen LogP contribution in [-0.2, 0) is 6.61 Å². The van der Waals surface area contributed by atoms with Crippen molar-refractivity contribution in [1.82, 2.24) is 19.6 Å². The number of H-pyrrole nitrogens is 2. The number of halogens is 2. The molecule has 0 bridgehead atoms. The highest BCUT2D eigenvalue weighted by molar-refractivity contribution is 9.10. The van der Waals surface area contributed by atoms with Gasteiger partial charge in [0.25, 0.3) is 11.1 Å². The molecule has 0 aliphatic rings. The number of aromatic amines is 2. The van der Waals surface area contributed by atoms with Gasteiger partial charge in [0.15, 0.2) is 11.5 Å². The second kappa shape index (κ2) is 13.3. The predicted octanol–water partition coefficient (Wildman–Crippen LogP) is 7.84. The lowest BCUT2D eigenvalue weighted by molar-refractivity contribution is 0.267. The summed E-state index contributed by atoms with van der Waals surface area (Å²) in [6.45, 7) is 6.18. The van der Waals surface area contributed by atoms with E-state index < -0.39 is 5.92 Å². The summed E-state index contributed by atoms with van der Waals surface area (Å²) in [5.74, 6) is 0.205. The summed E-state index contributed by atoms with van der Waals surface area (Å²) in [5, 5.41) is 7.08. The standard InChI is InChI=1S/C36H32BrClN4O4/c1-4-45-30-20-25(19-28(37)34(30)46-21-24-13-11-12-18-29(24)38)33(31-22(2)39-41(35(31)43)26-14-7-5-8-15-26)32-23(3)40-42(36(32)44)27-16-9-6-10-17-27/h5-20,33,39-40H,4,21H2,1-3H3. The molecule has 0 unspecified atom stereocenters. The van der Waals surface area contributed by atoms with Crippen molar-refractivity contribution in [1.29, 1.82) is 0 Å². The van der Waals surface area contributed by atoms with Crippen molar-refractivity contribution in [3.05, 3.63) is 161 Å². The van der Waals surface area contributed by atoms with Gasteiger partial charge in [-0.15, -0.1) is 0 Å². The fraction of sp³-hybridized carbons (Fsp3) is 0.167. The number of benzene rings is 4. The van der Waals surface area contributed by atoms with Gasteiger partial charge in [-0.05, 0) is 84.7 Å². The van der Waals surface area contributed by atoms with E-state index in [1.54, 1.807) is 0 Å². The number of hydrogen-bond acceptors (Lipinski definition) is 4. The van der Waals surface area contributed by atoms with E-state index in [1.807, 2.05) is 118 Å². The maximum Gasteiger partial charge on any atom is 0.275 e. The van der Waals surface area contributed by atoms with Crippen molar-refractivity contribution >= 4 is 27.5 Å². The van der Waals surface area contributed by atoms with Gasteiger partial charge < -0.3 is 9.47 Å².